The lowest BCUT2D eigenvalue weighted by molar-refractivity contribution is 0.272. The maximum Gasteiger partial charge on any atom is 0.220 e. The zero-order valence-electron chi connectivity index (χ0n) is 10.3. The Hall–Kier alpha value is -0.240. The lowest BCUT2D eigenvalue weighted by Crippen LogP contribution is -2.46. The average Bonchev–Trinajstić information content (AvgIpc) is 1.99. The van der Waals surface area contributed by atoms with Gasteiger partial charge in [0.2, 0.25) is 10.0 Å². The number of thiocarbonyl (C=S) groups is 1. The molecule has 0 saturated heterocycles. The second-order valence-electron chi connectivity index (χ2n) is 4.04. The molecule has 0 aromatic carbocycles. The molecule has 96 valence electrons. The molecule has 0 aromatic rings. The predicted molar refractivity (Wildman–Crippen MR) is 71.0 cm³/mol. The second-order valence-corrected chi connectivity index (χ2v) is 6.48. The SMILES string of the molecule is CCN(C(C)CN(C)C)S(=O)(=O)CC(N)=S. The molecular formula is C9H21N3O2S2. The molecule has 2 N–H and O–H groups in total. The van der Waals surface area contributed by atoms with Crippen molar-refractivity contribution < 1.29 is 8.42 Å². The van der Waals surface area contributed by atoms with Gasteiger partial charge in [-0.25, -0.2) is 8.42 Å². The highest BCUT2D eigenvalue weighted by molar-refractivity contribution is 7.92. The molecule has 0 aliphatic heterocycles. The summed E-state index contributed by atoms with van der Waals surface area (Å²) in [4.78, 5) is 1.96. The van der Waals surface area contributed by atoms with Crippen LogP contribution in [0.25, 0.3) is 0 Å². The summed E-state index contributed by atoms with van der Waals surface area (Å²) in [7, 11) is 0.438. The summed E-state index contributed by atoms with van der Waals surface area (Å²) >= 11 is 4.65. The first-order valence-electron chi connectivity index (χ1n) is 5.13. The van der Waals surface area contributed by atoms with Gasteiger partial charge in [0.1, 0.15) is 5.75 Å². The van der Waals surface area contributed by atoms with Gasteiger partial charge >= 0.3 is 0 Å². The van der Waals surface area contributed by atoms with Crippen LogP contribution in [-0.4, -0.2) is 61.6 Å². The van der Waals surface area contributed by atoms with Gasteiger partial charge in [-0.15, -0.1) is 0 Å². The van der Waals surface area contributed by atoms with E-state index < -0.39 is 10.0 Å². The third kappa shape index (κ3) is 5.20. The molecule has 0 spiro atoms. The van der Waals surface area contributed by atoms with Gasteiger partial charge in [-0.1, -0.05) is 19.1 Å². The first-order chi connectivity index (χ1) is 7.20. The summed E-state index contributed by atoms with van der Waals surface area (Å²) < 4.78 is 25.3. The van der Waals surface area contributed by atoms with Crippen LogP contribution in [0.15, 0.2) is 0 Å². The molecule has 0 bridgehead atoms. The quantitative estimate of drug-likeness (QED) is 0.651. The molecule has 0 radical (unpaired) electrons. The molecule has 0 heterocycles. The molecule has 7 heteroatoms. The number of hydrogen-bond donors (Lipinski definition) is 1. The van der Waals surface area contributed by atoms with Gasteiger partial charge in [0, 0.05) is 19.1 Å². The Morgan fingerprint density at radius 3 is 2.25 bits per heavy atom. The van der Waals surface area contributed by atoms with Gasteiger partial charge in [0.05, 0.1) is 4.99 Å². The molecule has 0 aliphatic rings. The number of sulfonamides is 1. The molecule has 5 nitrogen and oxygen atoms in total. The van der Waals surface area contributed by atoms with Crippen molar-refractivity contribution in [3.8, 4) is 0 Å². The summed E-state index contributed by atoms with van der Waals surface area (Å²) in [6.07, 6.45) is 0. The Kier molecular flexibility index (Phi) is 6.39. The van der Waals surface area contributed by atoms with E-state index >= 15 is 0 Å². The average molecular weight is 267 g/mol. The van der Waals surface area contributed by atoms with E-state index in [1.807, 2.05) is 32.8 Å². The van der Waals surface area contributed by atoms with E-state index in [-0.39, 0.29) is 16.8 Å². The minimum Gasteiger partial charge on any atom is -0.392 e. The van der Waals surface area contributed by atoms with Crippen molar-refractivity contribution in [3.63, 3.8) is 0 Å². The summed E-state index contributed by atoms with van der Waals surface area (Å²) in [6.45, 7) is 4.79. The van der Waals surface area contributed by atoms with Crippen LogP contribution in [0, 0.1) is 0 Å². The van der Waals surface area contributed by atoms with E-state index in [1.165, 1.54) is 4.31 Å². The van der Waals surface area contributed by atoms with Gasteiger partial charge in [-0.2, -0.15) is 4.31 Å². The van der Waals surface area contributed by atoms with Crippen molar-refractivity contribution >= 4 is 27.2 Å². The normalized spacial score (nSPS) is 14.4. The Labute approximate surface area is 104 Å². The lowest BCUT2D eigenvalue weighted by atomic mass is 10.3. The number of rotatable bonds is 7. The van der Waals surface area contributed by atoms with E-state index in [2.05, 4.69) is 12.2 Å². The largest absolute Gasteiger partial charge is 0.392 e. The first-order valence-corrected chi connectivity index (χ1v) is 7.15. The van der Waals surface area contributed by atoms with Gasteiger partial charge in [0.25, 0.3) is 0 Å². The Bertz CT molecular complexity index is 328. The number of nitrogens with zero attached hydrogens (tertiary/aromatic N) is 2. The fraction of sp³-hybridized carbons (Fsp3) is 0.889. The van der Waals surface area contributed by atoms with Crippen molar-refractivity contribution in [2.45, 2.75) is 19.9 Å². The van der Waals surface area contributed by atoms with Crippen LogP contribution in [0.3, 0.4) is 0 Å². The Balaban J connectivity index is 4.77. The van der Waals surface area contributed by atoms with E-state index in [0.717, 1.165) is 0 Å². The summed E-state index contributed by atoms with van der Waals surface area (Å²) in [5.74, 6) is -0.256. The van der Waals surface area contributed by atoms with Crippen LogP contribution in [0.4, 0.5) is 0 Å². The van der Waals surface area contributed by atoms with Crippen LogP contribution < -0.4 is 5.73 Å². The number of nitrogens with two attached hydrogens (primary N) is 1. The van der Waals surface area contributed by atoms with Crippen LogP contribution in [0.2, 0.25) is 0 Å². The molecule has 0 fully saturated rings. The van der Waals surface area contributed by atoms with Crippen LogP contribution >= 0.6 is 12.2 Å². The molecule has 0 rings (SSSR count). The van der Waals surface area contributed by atoms with Gasteiger partial charge < -0.3 is 10.6 Å². The number of likely N-dealkylation sites (N-methyl/N-ethyl adjacent to an activating group) is 2. The fourth-order valence-corrected chi connectivity index (χ4v) is 3.65. The maximum absolute atomic E-state index is 11.9. The Morgan fingerprint density at radius 1 is 1.44 bits per heavy atom. The van der Waals surface area contributed by atoms with Gasteiger partial charge in [-0.05, 0) is 21.0 Å². The lowest BCUT2D eigenvalue weighted by Gasteiger charge is -2.29. The van der Waals surface area contributed by atoms with Crippen molar-refractivity contribution in [1.82, 2.24) is 9.21 Å². The summed E-state index contributed by atoms with van der Waals surface area (Å²) in [5, 5.41) is 0. The summed E-state index contributed by atoms with van der Waals surface area (Å²) in [5.41, 5.74) is 5.29. The topological polar surface area (TPSA) is 66.6 Å². The smallest absolute Gasteiger partial charge is 0.220 e. The van der Waals surface area contributed by atoms with E-state index in [4.69, 9.17) is 5.73 Å². The van der Waals surface area contributed by atoms with Crippen molar-refractivity contribution in [2.24, 2.45) is 5.73 Å². The molecule has 0 aromatic heterocycles. The molecule has 0 aliphatic carbocycles. The molecular weight excluding hydrogens is 246 g/mol. The zero-order chi connectivity index (χ0) is 12.9. The minimum atomic E-state index is -3.38. The third-order valence-corrected chi connectivity index (χ3v) is 4.45. The van der Waals surface area contributed by atoms with Crippen LogP contribution in [0.5, 0.6) is 0 Å². The van der Waals surface area contributed by atoms with Crippen molar-refractivity contribution in [1.29, 1.82) is 0 Å². The van der Waals surface area contributed by atoms with Gasteiger partial charge in [-0.3, -0.25) is 0 Å². The maximum atomic E-state index is 11.9. The summed E-state index contributed by atoms with van der Waals surface area (Å²) in [6, 6.07) is -0.0839. The van der Waals surface area contributed by atoms with E-state index in [1.54, 1.807) is 0 Å². The molecule has 0 saturated carbocycles. The van der Waals surface area contributed by atoms with E-state index in [9.17, 15) is 8.42 Å². The van der Waals surface area contributed by atoms with Crippen molar-refractivity contribution in [3.05, 3.63) is 0 Å². The van der Waals surface area contributed by atoms with Crippen LogP contribution in [0.1, 0.15) is 13.8 Å². The first kappa shape index (κ1) is 15.8. The third-order valence-electron chi connectivity index (χ3n) is 2.11. The Morgan fingerprint density at radius 2 is 1.94 bits per heavy atom. The van der Waals surface area contributed by atoms with E-state index in [0.29, 0.717) is 13.1 Å². The van der Waals surface area contributed by atoms with Crippen molar-refractivity contribution in [2.75, 3.05) is 32.9 Å². The second kappa shape index (κ2) is 6.48. The molecule has 1 atom stereocenters. The predicted octanol–water partition coefficient (Wildman–Crippen LogP) is -0.126. The number of hydrogen-bond acceptors (Lipinski definition) is 4. The molecule has 1 unspecified atom stereocenters. The standard InChI is InChI=1S/C9H21N3O2S2/c1-5-12(8(2)6-11(3)4)16(13,14)7-9(10)15/h8H,5-7H2,1-4H3,(H2,10,15). The zero-order valence-corrected chi connectivity index (χ0v) is 11.9. The minimum absolute atomic E-state index is 0.00973. The fourth-order valence-electron chi connectivity index (χ4n) is 1.66. The van der Waals surface area contributed by atoms with Crippen LogP contribution in [-0.2, 0) is 10.0 Å². The monoisotopic (exact) mass is 267 g/mol. The molecule has 16 heavy (non-hydrogen) atoms. The molecule has 0 amide bonds. The highest BCUT2D eigenvalue weighted by atomic mass is 32.2. The highest BCUT2D eigenvalue weighted by Crippen LogP contribution is 2.08. The van der Waals surface area contributed by atoms with Gasteiger partial charge in [0.15, 0.2) is 0 Å². The highest BCUT2D eigenvalue weighted by Gasteiger charge is 2.26.